The van der Waals surface area contributed by atoms with E-state index in [4.69, 9.17) is 0 Å². The normalized spacial score (nSPS) is 15.5. The van der Waals surface area contributed by atoms with Crippen LogP contribution in [0, 0.1) is 5.92 Å². The van der Waals surface area contributed by atoms with Gasteiger partial charge in [0.1, 0.15) is 0 Å². The number of hydrogen-bond acceptors (Lipinski definition) is 2. The van der Waals surface area contributed by atoms with Crippen molar-refractivity contribution in [2.45, 2.75) is 31.6 Å². The molecule has 0 amide bonds. The molecule has 18 heavy (non-hydrogen) atoms. The molecule has 0 N–H and O–H groups in total. The summed E-state index contributed by atoms with van der Waals surface area (Å²) in [6, 6.07) is 6.34. The number of carbonyl (C=O) groups is 1. The lowest BCUT2D eigenvalue weighted by molar-refractivity contribution is -0.140. The van der Waals surface area contributed by atoms with Gasteiger partial charge >= 0.3 is 5.97 Å². The molecular formula is C14H16F2O2. The van der Waals surface area contributed by atoms with Gasteiger partial charge in [0.25, 0.3) is 5.92 Å². The molecule has 0 bridgehead atoms. The Bertz CT molecular complexity index is 439. The Labute approximate surface area is 105 Å². The van der Waals surface area contributed by atoms with E-state index in [1.165, 1.54) is 19.2 Å². The van der Waals surface area contributed by atoms with Gasteiger partial charge in [-0.3, -0.25) is 4.79 Å². The zero-order valence-corrected chi connectivity index (χ0v) is 10.3. The second-order valence-corrected chi connectivity index (χ2v) is 4.67. The Morgan fingerprint density at radius 2 is 2.17 bits per heavy atom. The van der Waals surface area contributed by atoms with Gasteiger partial charge in [-0.15, -0.1) is 0 Å². The van der Waals surface area contributed by atoms with Crippen molar-refractivity contribution >= 4 is 5.97 Å². The standard InChI is InChI=1S/C14H16F2O2/c1-18-13(17)8-5-10-3-2-4-12(9-10)14(15,16)11-6-7-11/h2-4,9,11H,5-8H2,1H3. The van der Waals surface area contributed by atoms with Crippen molar-refractivity contribution in [1.82, 2.24) is 0 Å². The molecule has 1 fully saturated rings. The average molecular weight is 254 g/mol. The highest BCUT2D eigenvalue weighted by Crippen LogP contribution is 2.49. The summed E-state index contributed by atoms with van der Waals surface area (Å²) in [6.07, 6.45) is 1.84. The first-order chi connectivity index (χ1) is 8.54. The third-order valence-corrected chi connectivity index (χ3v) is 3.25. The monoisotopic (exact) mass is 254 g/mol. The van der Waals surface area contributed by atoms with Gasteiger partial charge in [0, 0.05) is 17.9 Å². The molecule has 0 saturated heterocycles. The molecule has 1 aliphatic carbocycles. The summed E-state index contributed by atoms with van der Waals surface area (Å²) in [4.78, 5) is 11.0. The number of esters is 1. The molecule has 0 atom stereocenters. The van der Waals surface area contributed by atoms with Gasteiger partial charge in [-0.2, -0.15) is 0 Å². The Morgan fingerprint density at radius 1 is 1.44 bits per heavy atom. The zero-order chi connectivity index (χ0) is 13.2. The molecule has 4 heteroatoms. The molecule has 0 heterocycles. The van der Waals surface area contributed by atoms with Gasteiger partial charge in [-0.1, -0.05) is 18.2 Å². The second kappa shape index (κ2) is 5.04. The van der Waals surface area contributed by atoms with Crippen LogP contribution in [0.25, 0.3) is 0 Å². The van der Waals surface area contributed by atoms with Crippen molar-refractivity contribution in [1.29, 1.82) is 0 Å². The Hall–Kier alpha value is -1.45. The number of aryl methyl sites for hydroxylation is 1. The highest BCUT2D eigenvalue weighted by atomic mass is 19.3. The van der Waals surface area contributed by atoms with E-state index in [-0.39, 0.29) is 18.0 Å². The summed E-state index contributed by atoms with van der Waals surface area (Å²) in [5, 5.41) is 0. The van der Waals surface area contributed by atoms with Gasteiger partial charge in [0.15, 0.2) is 0 Å². The van der Waals surface area contributed by atoms with Crippen LogP contribution >= 0.6 is 0 Å². The van der Waals surface area contributed by atoms with Crippen LogP contribution in [0.3, 0.4) is 0 Å². The Morgan fingerprint density at radius 3 is 2.78 bits per heavy atom. The quantitative estimate of drug-likeness (QED) is 0.754. The van der Waals surface area contributed by atoms with Gasteiger partial charge in [-0.25, -0.2) is 8.78 Å². The zero-order valence-electron chi connectivity index (χ0n) is 10.3. The molecule has 0 unspecified atom stereocenters. The molecule has 1 aromatic carbocycles. The number of benzene rings is 1. The van der Waals surface area contributed by atoms with Crippen molar-refractivity contribution < 1.29 is 18.3 Å². The fourth-order valence-corrected chi connectivity index (χ4v) is 1.96. The molecule has 2 rings (SSSR count). The molecule has 0 radical (unpaired) electrons. The van der Waals surface area contributed by atoms with E-state index in [0.717, 1.165) is 5.56 Å². The third kappa shape index (κ3) is 2.86. The Kier molecular flexibility index (Phi) is 3.64. The third-order valence-electron chi connectivity index (χ3n) is 3.25. The molecule has 0 spiro atoms. The van der Waals surface area contributed by atoms with Crippen molar-refractivity contribution in [3.63, 3.8) is 0 Å². The summed E-state index contributed by atoms with van der Waals surface area (Å²) in [7, 11) is 1.32. The maximum atomic E-state index is 13.9. The minimum absolute atomic E-state index is 0.0624. The molecule has 2 nitrogen and oxygen atoms in total. The van der Waals surface area contributed by atoms with E-state index in [0.29, 0.717) is 19.3 Å². The van der Waals surface area contributed by atoms with Crippen molar-refractivity contribution in [3.05, 3.63) is 35.4 Å². The summed E-state index contributed by atoms with van der Waals surface area (Å²) < 4.78 is 32.3. The van der Waals surface area contributed by atoms with Crippen LogP contribution in [-0.4, -0.2) is 13.1 Å². The Balaban J connectivity index is 2.07. The van der Waals surface area contributed by atoms with Crippen LogP contribution in [0.1, 0.15) is 30.4 Å². The fraction of sp³-hybridized carbons (Fsp3) is 0.500. The average Bonchev–Trinajstić information content (AvgIpc) is 3.20. The molecule has 98 valence electrons. The van der Waals surface area contributed by atoms with E-state index < -0.39 is 11.8 Å². The maximum absolute atomic E-state index is 13.9. The number of methoxy groups -OCH3 is 1. The highest BCUT2D eigenvalue weighted by molar-refractivity contribution is 5.69. The molecule has 0 aliphatic heterocycles. The topological polar surface area (TPSA) is 26.3 Å². The number of rotatable bonds is 5. The molecule has 1 saturated carbocycles. The van der Waals surface area contributed by atoms with E-state index in [2.05, 4.69) is 4.74 Å². The van der Waals surface area contributed by atoms with E-state index in [1.807, 2.05) is 0 Å². The molecule has 1 aliphatic rings. The van der Waals surface area contributed by atoms with Gasteiger partial charge in [0.2, 0.25) is 0 Å². The number of alkyl halides is 2. The molecular weight excluding hydrogens is 238 g/mol. The SMILES string of the molecule is COC(=O)CCc1cccc(C(F)(F)C2CC2)c1. The van der Waals surface area contributed by atoms with Crippen LogP contribution in [0.2, 0.25) is 0 Å². The minimum Gasteiger partial charge on any atom is -0.469 e. The maximum Gasteiger partial charge on any atom is 0.305 e. The lowest BCUT2D eigenvalue weighted by Gasteiger charge is -2.16. The van der Waals surface area contributed by atoms with E-state index in [1.54, 1.807) is 12.1 Å². The van der Waals surface area contributed by atoms with Gasteiger partial charge in [0.05, 0.1) is 7.11 Å². The van der Waals surface area contributed by atoms with Crippen molar-refractivity contribution in [2.24, 2.45) is 5.92 Å². The summed E-state index contributed by atoms with van der Waals surface area (Å²) >= 11 is 0. The van der Waals surface area contributed by atoms with E-state index >= 15 is 0 Å². The van der Waals surface area contributed by atoms with Crippen LogP contribution in [0.4, 0.5) is 8.78 Å². The van der Waals surface area contributed by atoms with Crippen molar-refractivity contribution in [2.75, 3.05) is 7.11 Å². The summed E-state index contributed by atoms with van der Waals surface area (Å²) in [5.41, 5.74) is 0.811. The van der Waals surface area contributed by atoms with Crippen LogP contribution in [0.5, 0.6) is 0 Å². The summed E-state index contributed by atoms with van der Waals surface area (Å²) in [5.74, 6) is -3.57. The first-order valence-corrected chi connectivity index (χ1v) is 6.08. The fourth-order valence-electron chi connectivity index (χ4n) is 1.96. The smallest absolute Gasteiger partial charge is 0.305 e. The first kappa shape index (κ1) is 13.0. The van der Waals surface area contributed by atoms with Gasteiger partial charge < -0.3 is 4.74 Å². The summed E-state index contributed by atoms with van der Waals surface area (Å²) in [6.45, 7) is 0. The number of ether oxygens (including phenoxy) is 1. The molecule has 0 aromatic heterocycles. The molecule has 1 aromatic rings. The van der Waals surface area contributed by atoms with Crippen LogP contribution < -0.4 is 0 Å². The largest absolute Gasteiger partial charge is 0.469 e. The van der Waals surface area contributed by atoms with E-state index in [9.17, 15) is 13.6 Å². The second-order valence-electron chi connectivity index (χ2n) is 4.67. The predicted molar refractivity (Wildman–Crippen MR) is 63.4 cm³/mol. The van der Waals surface area contributed by atoms with Gasteiger partial charge in [-0.05, 0) is 30.9 Å². The lowest BCUT2D eigenvalue weighted by atomic mass is 10.00. The minimum atomic E-state index is -2.73. The van der Waals surface area contributed by atoms with Crippen LogP contribution in [-0.2, 0) is 21.9 Å². The first-order valence-electron chi connectivity index (χ1n) is 6.08. The highest BCUT2D eigenvalue weighted by Gasteiger charge is 2.47. The number of carbonyl (C=O) groups excluding carboxylic acids is 1. The predicted octanol–water partition coefficient (Wildman–Crippen LogP) is 3.29. The number of halogens is 2. The van der Waals surface area contributed by atoms with Crippen LogP contribution in [0.15, 0.2) is 24.3 Å². The lowest BCUT2D eigenvalue weighted by Crippen LogP contribution is -2.16. The van der Waals surface area contributed by atoms with Crippen molar-refractivity contribution in [3.8, 4) is 0 Å². The number of hydrogen-bond donors (Lipinski definition) is 0.